The fraction of sp³-hybridized carbons (Fsp3) is 0.333. The highest BCUT2D eigenvalue weighted by atomic mass is 14.7. The van der Waals surface area contributed by atoms with Gasteiger partial charge < -0.3 is 0 Å². The van der Waals surface area contributed by atoms with Crippen molar-refractivity contribution in [1.29, 1.82) is 5.26 Å². The molecule has 0 bridgehead atoms. The third-order valence-electron chi connectivity index (χ3n) is 1.03. The predicted molar refractivity (Wildman–Crippen MR) is 45.0 cm³/mol. The Kier molecular flexibility index (Phi) is 4.76. The van der Waals surface area contributed by atoms with E-state index in [1.807, 2.05) is 32.0 Å². The van der Waals surface area contributed by atoms with E-state index in [1.54, 1.807) is 6.07 Å². The van der Waals surface area contributed by atoms with Crippen molar-refractivity contribution in [2.75, 3.05) is 0 Å². The van der Waals surface area contributed by atoms with Gasteiger partial charge in [0, 0.05) is 18.3 Å². The number of aromatic nitrogens is 1. The van der Waals surface area contributed by atoms with Gasteiger partial charge in [-0.25, -0.2) is 0 Å². The van der Waals surface area contributed by atoms with Crippen LogP contribution in [0.5, 0.6) is 0 Å². The summed E-state index contributed by atoms with van der Waals surface area (Å²) in [4.78, 5) is 4.17. The van der Waals surface area contributed by atoms with Crippen LogP contribution >= 0.6 is 0 Å². The van der Waals surface area contributed by atoms with Gasteiger partial charge in [0.15, 0.2) is 0 Å². The van der Waals surface area contributed by atoms with Gasteiger partial charge >= 0.3 is 0 Å². The molecule has 0 saturated carbocycles. The average Bonchev–Trinajstić information content (AvgIpc) is 1.88. The van der Waals surface area contributed by atoms with Gasteiger partial charge in [0.2, 0.25) is 0 Å². The topological polar surface area (TPSA) is 36.7 Å². The SMILES string of the molecule is CC#N.Cc1cccc(C)n1. The molecule has 0 aliphatic heterocycles. The summed E-state index contributed by atoms with van der Waals surface area (Å²) in [6.07, 6.45) is 0. The molecule has 0 aromatic carbocycles. The third kappa shape index (κ3) is 5.10. The number of pyridine rings is 1. The fourth-order valence-corrected chi connectivity index (χ4v) is 0.679. The molecule has 0 spiro atoms. The Labute approximate surface area is 67.5 Å². The minimum atomic E-state index is 1.09. The highest BCUT2D eigenvalue weighted by Crippen LogP contribution is 1.93. The summed E-state index contributed by atoms with van der Waals surface area (Å²) < 4.78 is 0. The Morgan fingerprint density at radius 3 is 1.82 bits per heavy atom. The molecule has 1 aromatic rings. The van der Waals surface area contributed by atoms with Gasteiger partial charge in [0.05, 0.1) is 6.07 Å². The Balaban J connectivity index is 0.000000292. The molecule has 1 rings (SSSR count). The van der Waals surface area contributed by atoms with Gasteiger partial charge in [-0.3, -0.25) is 4.98 Å². The van der Waals surface area contributed by atoms with E-state index in [0.29, 0.717) is 0 Å². The lowest BCUT2D eigenvalue weighted by Gasteiger charge is -1.90. The normalized spacial score (nSPS) is 7.45. The lowest BCUT2D eigenvalue weighted by atomic mass is 10.3. The van der Waals surface area contributed by atoms with E-state index in [9.17, 15) is 0 Å². The number of rotatable bonds is 0. The molecule has 2 heteroatoms. The zero-order valence-electron chi connectivity index (χ0n) is 7.13. The van der Waals surface area contributed by atoms with E-state index in [0.717, 1.165) is 11.4 Å². The van der Waals surface area contributed by atoms with Gasteiger partial charge in [-0.05, 0) is 26.0 Å². The van der Waals surface area contributed by atoms with Crippen LogP contribution in [0.4, 0.5) is 0 Å². The Bertz CT molecular complexity index is 231. The maximum Gasteiger partial charge on any atom is 0.0587 e. The van der Waals surface area contributed by atoms with Gasteiger partial charge in [0.25, 0.3) is 0 Å². The molecule has 0 saturated heterocycles. The monoisotopic (exact) mass is 148 g/mol. The molecule has 0 aliphatic carbocycles. The van der Waals surface area contributed by atoms with Gasteiger partial charge in [-0.15, -0.1) is 0 Å². The summed E-state index contributed by atoms with van der Waals surface area (Å²) in [5.41, 5.74) is 2.18. The molecule has 0 N–H and O–H groups in total. The van der Waals surface area contributed by atoms with Crippen LogP contribution in [-0.2, 0) is 0 Å². The van der Waals surface area contributed by atoms with Crippen LogP contribution in [0.3, 0.4) is 0 Å². The molecule has 0 aliphatic rings. The van der Waals surface area contributed by atoms with Gasteiger partial charge in [-0.1, -0.05) is 6.07 Å². The zero-order valence-corrected chi connectivity index (χ0v) is 7.13. The smallest absolute Gasteiger partial charge is 0.0587 e. The van der Waals surface area contributed by atoms with Crippen LogP contribution < -0.4 is 0 Å². The van der Waals surface area contributed by atoms with E-state index < -0.39 is 0 Å². The van der Waals surface area contributed by atoms with Crippen molar-refractivity contribution in [3.63, 3.8) is 0 Å². The van der Waals surface area contributed by atoms with E-state index in [-0.39, 0.29) is 0 Å². The quantitative estimate of drug-likeness (QED) is 0.565. The van der Waals surface area contributed by atoms with Crippen molar-refractivity contribution >= 4 is 0 Å². The summed E-state index contributed by atoms with van der Waals surface area (Å²) in [5, 5.41) is 7.32. The van der Waals surface area contributed by atoms with Crippen LogP contribution in [0, 0.1) is 25.2 Å². The summed E-state index contributed by atoms with van der Waals surface area (Å²) in [7, 11) is 0. The molecule has 2 nitrogen and oxygen atoms in total. The van der Waals surface area contributed by atoms with E-state index in [1.165, 1.54) is 6.92 Å². The van der Waals surface area contributed by atoms with E-state index >= 15 is 0 Å². The largest absolute Gasteiger partial charge is 0.258 e. The van der Waals surface area contributed by atoms with Crippen molar-refractivity contribution in [2.45, 2.75) is 20.8 Å². The highest BCUT2D eigenvalue weighted by Gasteiger charge is 1.82. The van der Waals surface area contributed by atoms with Crippen molar-refractivity contribution in [3.8, 4) is 6.07 Å². The van der Waals surface area contributed by atoms with E-state index in [2.05, 4.69) is 4.98 Å². The Morgan fingerprint density at radius 1 is 1.27 bits per heavy atom. The first-order valence-electron chi connectivity index (χ1n) is 3.41. The number of hydrogen-bond acceptors (Lipinski definition) is 2. The van der Waals surface area contributed by atoms with Crippen LogP contribution in [0.2, 0.25) is 0 Å². The van der Waals surface area contributed by atoms with Gasteiger partial charge in [0.1, 0.15) is 0 Å². The van der Waals surface area contributed by atoms with Crippen molar-refractivity contribution in [1.82, 2.24) is 4.98 Å². The minimum absolute atomic E-state index is 1.09. The van der Waals surface area contributed by atoms with Crippen LogP contribution in [0.15, 0.2) is 18.2 Å². The first-order chi connectivity index (χ1) is 5.20. The van der Waals surface area contributed by atoms with Crippen LogP contribution in [0.1, 0.15) is 18.3 Å². The predicted octanol–water partition coefficient (Wildman–Crippen LogP) is 2.23. The highest BCUT2D eigenvalue weighted by molar-refractivity contribution is 5.07. The molecule has 58 valence electrons. The lowest BCUT2D eigenvalue weighted by molar-refractivity contribution is 1.12. The number of hydrogen-bond donors (Lipinski definition) is 0. The standard InChI is InChI=1S/C7H9N.C2H3N/c1-6-4-3-5-7(2)8-6;1-2-3/h3-5H,1-2H3;1H3. The third-order valence-corrected chi connectivity index (χ3v) is 1.03. The molecule has 0 fully saturated rings. The van der Waals surface area contributed by atoms with Gasteiger partial charge in [-0.2, -0.15) is 5.26 Å². The molecule has 11 heavy (non-hydrogen) atoms. The molecule has 1 aromatic heterocycles. The fourth-order valence-electron chi connectivity index (χ4n) is 0.679. The van der Waals surface area contributed by atoms with Crippen molar-refractivity contribution in [3.05, 3.63) is 29.6 Å². The summed E-state index contributed by atoms with van der Waals surface area (Å²) >= 11 is 0. The molecular weight excluding hydrogens is 136 g/mol. The first kappa shape index (κ1) is 9.64. The van der Waals surface area contributed by atoms with Crippen molar-refractivity contribution in [2.24, 2.45) is 0 Å². The maximum atomic E-state index is 7.32. The molecule has 0 amide bonds. The van der Waals surface area contributed by atoms with Crippen LogP contribution in [0.25, 0.3) is 0 Å². The van der Waals surface area contributed by atoms with Crippen LogP contribution in [-0.4, -0.2) is 4.98 Å². The molecule has 0 unspecified atom stereocenters. The second-order valence-electron chi connectivity index (χ2n) is 2.14. The number of nitriles is 1. The average molecular weight is 148 g/mol. The molecule has 0 atom stereocenters. The summed E-state index contributed by atoms with van der Waals surface area (Å²) in [6, 6.07) is 7.75. The van der Waals surface area contributed by atoms with Crippen molar-refractivity contribution < 1.29 is 0 Å². The zero-order chi connectivity index (χ0) is 8.69. The summed E-state index contributed by atoms with van der Waals surface area (Å²) in [5.74, 6) is 0. The Hall–Kier alpha value is -1.36. The second kappa shape index (κ2) is 5.43. The number of nitrogens with zero attached hydrogens (tertiary/aromatic N) is 2. The van der Waals surface area contributed by atoms with E-state index in [4.69, 9.17) is 5.26 Å². The molecule has 1 heterocycles. The lowest BCUT2D eigenvalue weighted by Crippen LogP contribution is -1.81. The molecular formula is C9H12N2. The maximum absolute atomic E-state index is 7.32. The first-order valence-corrected chi connectivity index (χ1v) is 3.41. The minimum Gasteiger partial charge on any atom is -0.258 e. The molecule has 0 radical (unpaired) electrons. The summed E-state index contributed by atoms with van der Waals surface area (Å²) in [6.45, 7) is 5.42. The Morgan fingerprint density at radius 2 is 1.64 bits per heavy atom. The number of aryl methyl sites for hydroxylation is 2. The second-order valence-corrected chi connectivity index (χ2v) is 2.14.